The number of ether oxygens (including phenoxy) is 1. The maximum atomic E-state index is 12.8. The van der Waals surface area contributed by atoms with Gasteiger partial charge in [-0.3, -0.25) is 9.69 Å². The summed E-state index contributed by atoms with van der Waals surface area (Å²) >= 11 is 0. The van der Waals surface area contributed by atoms with Crippen LogP contribution in [0.2, 0.25) is 0 Å². The van der Waals surface area contributed by atoms with Gasteiger partial charge in [0.1, 0.15) is 5.75 Å². The molecule has 30 heavy (non-hydrogen) atoms. The molecule has 0 aliphatic carbocycles. The predicted molar refractivity (Wildman–Crippen MR) is 120 cm³/mol. The Bertz CT molecular complexity index is 944. The van der Waals surface area contributed by atoms with Gasteiger partial charge in [-0.15, -0.1) is 0 Å². The van der Waals surface area contributed by atoms with Gasteiger partial charge in [0.25, 0.3) is 5.91 Å². The number of para-hydroxylation sites is 1. The van der Waals surface area contributed by atoms with Crippen LogP contribution >= 0.6 is 0 Å². The molecule has 0 aromatic heterocycles. The molecule has 0 radical (unpaired) electrons. The fourth-order valence-electron chi connectivity index (χ4n) is 3.90. The van der Waals surface area contributed by atoms with Crippen molar-refractivity contribution in [3.63, 3.8) is 0 Å². The van der Waals surface area contributed by atoms with Crippen LogP contribution in [0.25, 0.3) is 11.1 Å². The molecule has 0 saturated carbocycles. The summed E-state index contributed by atoms with van der Waals surface area (Å²) in [6.45, 7) is 4.44. The maximum absolute atomic E-state index is 12.8. The van der Waals surface area contributed by atoms with Crippen LogP contribution in [0.3, 0.4) is 0 Å². The zero-order chi connectivity index (χ0) is 20.6. The van der Waals surface area contributed by atoms with E-state index in [0.29, 0.717) is 0 Å². The third-order valence-corrected chi connectivity index (χ3v) is 5.51. The van der Waals surface area contributed by atoms with E-state index < -0.39 is 0 Å². The Morgan fingerprint density at radius 2 is 1.47 bits per heavy atom. The Labute approximate surface area is 178 Å². The molecule has 3 aromatic rings. The van der Waals surface area contributed by atoms with Crippen molar-refractivity contribution in [3.8, 4) is 16.9 Å². The molecule has 4 heteroatoms. The highest BCUT2D eigenvalue weighted by Gasteiger charge is 2.20. The lowest BCUT2D eigenvalue weighted by Gasteiger charge is -2.22. The van der Waals surface area contributed by atoms with Crippen LogP contribution in [0.5, 0.6) is 5.75 Å². The molecule has 0 atom stereocenters. The third kappa shape index (κ3) is 5.28. The summed E-state index contributed by atoms with van der Waals surface area (Å²) in [7, 11) is 0. The standard InChI is InChI=1S/C26H28N2O2/c29-26(21-30-25-15-8-7-14-24(25)23-12-5-2-6-13-23)28-17-9-16-27(18-19-28)20-22-10-3-1-4-11-22/h1-8,10-15H,9,16-21H2. The molecule has 3 aromatic carbocycles. The monoisotopic (exact) mass is 400 g/mol. The lowest BCUT2D eigenvalue weighted by molar-refractivity contribution is -0.133. The first-order valence-electron chi connectivity index (χ1n) is 10.6. The van der Waals surface area contributed by atoms with Gasteiger partial charge in [0.05, 0.1) is 0 Å². The van der Waals surface area contributed by atoms with E-state index in [1.54, 1.807) is 0 Å². The second kappa shape index (κ2) is 10.1. The van der Waals surface area contributed by atoms with Gasteiger partial charge in [-0.2, -0.15) is 0 Å². The Morgan fingerprint density at radius 1 is 0.767 bits per heavy atom. The van der Waals surface area contributed by atoms with Crippen LogP contribution in [-0.2, 0) is 11.3 Å². The van der Waals surface area contributed by atoms with Crippen LogP contribution in [0, 0.1) is 0 Å². The van der Waals surface area contributed by atoms with E-state index in [4.69, 9.17) is 4.74 Å². The van der Waals surface area contributed by atoms with Crippen LogP contribution < -0.4 is 4.74 Å². The van der Waals surface area contributed by atoms with Gasteiger partial charge >= 0.3 is 0 Å². The fraction of sp³-hybridized carbons (Fsp3) is 0.269. The van der Waals surface area contributed by atoms with Crippen molar-refractivity contribution < 1.29 is 9.53 Å². The van der Waals surface area contributed by atoms with Crippen molar-refractivity contribution in [2.24, 2.45) is 0 Å². The number of nitrogens with zero attached hydrogens (tertiary/aromatic N) is 2. The van der Waals surface area contributed by atoms with Gasteiger partial charge in [0, 0.05) is 38.3 Å². The van der Waals surface area contributed by atoms with E-state index in [0.717, 1.165) is 56.0 Å². The van der Waals surface area contributed by atoms with Gasteiger partial charge in [-0.1, -0.05) is 78.9 Å². The van der Waals surface area contributed by atoms with E-state index in [1.807, 2.05) is 53.4 Å². The molecule has 1 saturated heterocycles. The molecule has 1 fully saturated rings. The topological polar surface area (TPSA) is 32.8 Å². The zero-order valence-corrected chi connectivity index (χ0v) is 17.2. The minimum absolute atomic E-state index is 0.0550. The molecule has 4 rings (SSSR count). The number of rotatable bonds is 6. The highest BCUT2D eigenvalue weighted by Crippen LogP contribution is 2.29. The molecule has 4 nitrogen and oxygen atoms in total. The average molecular weight is 401 g/mol. The normalized spacial score (nSPS) is 14.9. The van der Waals surface area contributed by atoms with Crippen LogP contribution in [-0.4, -0.2) is 48.5 Å². The molecule has 1 aliphatic heterocycles. The summed E-state index contributed by atoms with van der Waals surface area (Å²) in [6, 6.07) is 28.5. The molecule has 0 N–H and O–H groups in total. The number of carbonyl (C=O) groups is 1. The number of hydrogen-bond donors (Lipinski definition) is 0. The van der Waals surface area contributed by atoms with Crippen molar-refractivity contribution in [2.75, 3.05) is 32.8 Å². The van der Waals surface area contributed by atoms with Gasteiger partial charge < -0.3 is 9.64 Å². The first kappa shape index (κ1) is 20.2. The SMILES string of the molecule is O=C(COc1ccccc1-c1ccccc1)N1CCCN(Cc2ccccc2)CC1. The van der Waals surface area contributed by atoms with E-state index in [1.165, 1.54) is 5.56 Å². The second-order valence-corrected chi connectivity index (χ2v) is 7.65. The first-order chi connectivity index (χ1) is 14.8. The highest BCUT2D eigenvalue weighted by atomic mass is 16.5. The Morgan fingerprint density at radius 3 is 2.27 bits per heavy atom. The maximum Gasteiger partial charge on any atom is 0.260 e. The number of carbonyl (C=O) groups excluding carboxylic acids is 1. The van der Waals surface area contributed by atoms with Gasteiger partial charge in [0.2, 0.25) is 0 Å². The van der Waals surface area contributed by atoms with Gasteiger partial charge in [-0.25, -0.2) is 0 Å². The highest BCUT2D eigenvalue weighted by molar-refractivity contribution is 5.78. The van der Waals surface area contributed by atoms with Crippen molar-refractivity contribution >= 4 is 5.91 Å². The summed E-state index contributed by atoms with van der Waals surface area (Å²) in [5, 5.41) is 0. The van der Waals surface area contributed by atoms with Crippen LogP contribution in [0.15, 0.2) is 84.9 Å². The zero-order valence-electron chi connectivity index (χ0n) is 17.2. The summed E-state index contributed by atoms with van der Waals surface area (Å²) in [4.78, 5) is 17.2. The lowest BCUT2D eigenvalue weighted by atomic mass is 10.1. The third-order valence-electron chi connectivity index (χ3n) is 5.51. The van der Waals surface area contributed by atoms with Crippen LogP contribution in [0.1, 0.15) is 12.0 Å². The first-order valence-corrected chi connectivity index (χ1v) is 10.6. The number of amides is 1. The van der Waals surface area contributed by atoms with E-state index >= 15 is 0 Å². The van der Waals surface area contributed by atoms with E-state index in [9.17, 15) is 4.79 Å². The van der Waals surface area contributed by atoms with Gasteiger partial charge in [0.15, 0.2) is 6.61 Å². The molecule has 0 spiro atoms. The average Bonchev–Trinajstić information content (AvgIpc) is 3.04. The molecular formula is C26H28N2O2. The largest absolute Gasteiger partial charge is 0.483 e. The molecule has 1 amide bonds. The van der Waals surface area contributed by atoms with Crippen molar-refractivity contribution in [1.29, 1.82) is 0 Å². The van der Waals surface area contributed by atoms with Crippen molar-refractivity contribution in [2.45, 2.75) is 13.0 Å². The Hall–Kier alpha value is -3.11. The Balaban J connectivity index is 1.33. The van der Waals surface area contributed by atoms with Gasteiger partial charge in [-0.05, 0) is 23.6 Å². The minimum Gasteiger partial charge on any atom is -0.483 e. The summed E-state index contributed by atoms with van der Waals surface area (Å²) in [6.07, 6.45) is 0.985. The van der Waals surface area contributed by atoms with Crippen molar-refractivity contribution in [1.82, 2.24) is 9.80 Å². The second-order valence-electron chi connectivity index (χ2n) is 7.65. The molecule has 0 unspecified atom stereocenters. The lowest BCUT2D eigenvalue weighted by Crippen LogP contribution is -2.38. The summed E-state index contributed by atoms with van der Waals surface area (Å²) in [5.74, 6) is 0.803. The number of hydrogen-bond acceptors (Lipinski definition) is 3. The molecule has 154 valence electrons. The quantitative estimate of drug-likeness (QED) is 0.612. The van der Waals surface area contributed by atoms with E-state index in [2.05, 4.69) is 41.3 Å². The molecule has 1 heterocycles. The molecule has 1 aliphatic rings. The number of benzene rings is 3. The van der Waals surface area contributed by atoms with Crippen molar-refractivity contribution in [3.05, 3.63) is 90.5 Å². The van der Waals surface area contributed by atoms with Crippen LogP contribution in [0.4, 0.5) is 0 Å². The minimum atomic E-state index is 0.0550. The molecule has 0 bridgehead atoms. The Kier molecular flexibility index (Phi) is 6.78. The van der Waals surface area contributed by atoms with E-state index in [-0.39, 0.29) is 12.5 Å². The summed E-state index contributed by atoms with van der Waals surface area (Å²) in [5.41, 5.74) is 3.42. The summed E-state index contributed by atoms with van der Waals surface area (Å²) < 4.78 is 5.97. The predicted octanol–water partition coefficient (Wildman–Crippen LogP) is 4.47. The smallest absolute Gasteiger partial charge is 0.260 e. The fourth-order valence-corrected chi connectivity index (χ4v) is 3.90. The molecular weight excluding hydrogens is 372 g/mol.